The third kappa shape index (κ3) is 2.02. The number of benzene rings is 1. The number of nitrogens with one attached hydrogen (secondary N) is 1. The van der Waals surface area contributed by atoms with Crippen LogP contribution >= 0.6 is 0 Å². The van der Waals surface area contributed by atoms with Gasteiger partial charge in [-0.2, -0.15) is 5.26 Å². The first-order valence-electron chi connectivity index (χ1n) is 6.05. The van der Waals surface area contributed by atoms with Crippen LogP contribution in [-0.2, 0) is 0 Å². The van der Waals surface area contributed by atoms with Gasteiger partial charge >= 0.3 is 0 Å². The van der Waals surface area contributed by atoms with E-state index in [1.165, 1.54) is 6.26 Å². The fourth-order valence-electron chi connectivity index (χ4n) is 2.09. The number of H-pyrrole nitrogens is 1. The van der Waals surface area contributed by atoms with E-state index in [4.69, 9.17) is 4.42 Å². The second-order valence-electron chi connectivity index (χ2n) is 4.29. The van der Waals surface area contributed by atoms with Gasteiger partial charge in [0.15, 0.2) is 0 Å². The zero-order chi connectivity index (χ0) is 13.9. The first kappa shape index (κ1) is 12.0. The summed E-state index contributed by atoms with van der Waals surface area (Å²) in [5.74, 6) is 0. The van der Waals surface area contributed by atoms with Crippen LogP contribution < -0.4 is 5.56 Å². The number of hydrogen-bond donors (Lipinski definition) is 1. The molecule has 3 aromatic rings. The van der Waals surface area contributed by atoms with Gasteiger partial charge in [-0.15, -0.1) is 0 Å². The minimum absolute atomic E-state index is 0.114. The van der Waals surface area contributed by atoms with Gasteiger partial charge in [-0.1, -0.05) is 30.3 Å². The van der Waals surface area contributed by atoms with Gasteiger partial charge in [0.05, 0.1) is 18.2 Å². The molecule has 0 fully saturated rings. The van der Waals surface area contributed by atoms with Gasteiger partial charge in [0.1, 0.15) is 11.6 Å². The lowest BCUT2D eigenvalue weighted by Gasteiger charge is -2.06. The summed E-state index contributed by atoms with van der Waals surface area (Å²) >= 11 is 0. The highest BCUT2D eigenvalue weighted by molar-refractivity contribution is 5.74. The molecule has 0 amide bonds. The fraction of sp³-hybridized carbons (Fsp3) is 0. The third-order valence-corrected chi connectivity index (χ3v) is 3.06. The highest BCUT2D eigenvalue weighted by atomic mass is 16.3. The maximum atomic E-state index is 12.1. The summed E-state index contributed by atoms with van der Waals surface area (Å²) in [5.41, 5.74) is 2.56. The van der Waals surface area contributed by atoms with Crippen LogP contribution in [0.15, 0.2) is 64.2 Å². The molecule has 1 aromatic carbocycles. The van der Waals surface area contributed by atoms with Crippen LogP contribution in [0.5, 0.6) is 0 Å². The van der Waals surface area contributed by atoms with Crippen molar-refractivity contribution in [1.29, 1.82) is 5.26 Å². The lowest BCUT2D eigenvalue weighted by atomic mass is 10.00. The van der Waals surface area contributed by atoms with E-state index in [-0.39, 0.29) is 5.56 Å². The average Bonchev–Trinajstić information content (AvgIpc) is 3.01. The van der Waals surface area contributed by atoms with E-state index in [9.17, 15) is 10.1 Å². The number of hydrogen-bond acceptors (Lipinski definition) is 3. The van der Waals surface area contributed by atoms with Crippen molar-refractivity contribution >= 4 is 0 Å². The number of pyridine rings is 1. The summed E-state index contributed by atoms with van der Waals surface area (Å²) in [6.07, 6.45) is 3.08. The van der Waals surface area contributed by atoms with Crippen LogP contribution in [0.2, 0.25) is 0 Å². The molecule has 0 bridgehead atoms. The summed E-state index contributed by atoms with van der Waals surface area (Å²) in [6.45, 7) is 0. The molecule has 0 aliphatic heterocycles. The Hall–Kier alpha value is -3.06. The molecule has 0 saturated heterocycles. The zero-order valence-corrected chi connectivity index (χ0v) is 10.5. The second-order valence-corrected chi connectivity index (χ2v) is 4.29. The summed E-state index contributed by atoms with van der Waals surface area (Å²) in [5, 5.41) is 9.19. The SMILES string of the molecule is N#Cc1c(-c2ccccc2)cc(-c2ccoc2)[nH]c1=O. The van der Waals surface area contributed by atoms with Crippen molar-refractivity contribution in [2.24, 2.45) is 0 Å². The van der Waals surface area contributed by atoms with Gasteiger partial charge in [0.2, 0.25) is 0 Å². The smallest absolute Gasteiger partial charge is 0.266 e. The molecular formula is C16H10N2O2. The summed E-state index contributed by atoms with van der Waals surface area (Å²) in [4.78, 5) is 14.8. The van der Waals surface area contributed by atoms with E-state index in [1.807, 2.05) is 36.4 Å². The molecule has 96 valence electrons. The standard InChI is InChI=1S/C16H10N2O2/c17-9-14-13(11-4-2-1-3-5-11)8-15(18-16(14)19)12-6-7-20-10-12/h1-8,10H,(H,18,19). The van der Waals surface area contributed by atoms with Gasteiger partial charge < -0.3 is 9.40 Å². The minimum atomic E-state index is -0.398. The molecule has 2 aromatic heterocycles. The molecule has 0 aliphatic carbocycles. The molecule has 0 saturated carbocycles. The van der Waals surface area contributed by atoms with Crippen molar-refractivity contribution in [1.82, 2.24) is 4.98 Å². The van der Waals surface area contributed by atoms with Crippen LogP contribution in [0.4, 0.5) is 0 Å². The molecule has 0 radical (unpaired) electrons. The van der Waals surface area contributed by atoms with E-state index in [1.54, 1.807) is 18.4 Å². The summed E-state index contributed by atoms with van der Waals surface area (Å²) in [6, 6.07) is 14.9. The first-order chi connectivity index (χ1) is 9.79. The summed E-state index contributed by atoms with van der Waals surface area (Å²) in [7, 11) is 0. The van der Waals surface area contributed by atoms with Gasteiger partial charge in [-0.05, 0) is 17.7 Å². The van der Waals surface area contributed by atoms with Crippen LogP contribution in [0.1, 0.15) is 5.56 Å². The largest absolute Gasteiger partial charge is 0.472 e. The van der Waals surface area contributed by atoms with E-state index < -0.39 is 5.56 Å². The van der Waals surface area contributed by atoms with Crippen molar-refractivity contribution in [3.8, 4) is 28.5 Å². The quantitative estimate of drug-likeness (QED) is 0.771. The van der Waals surface area contributed by atoms with Crippen LogP contribution in [-0.4, -0.2) is 4.98 Å². The third-order valence-electron chi connectivity index (χ3n) is 3.06. The Balaban J connectivity index is 2.28. The average molecular weight is 262 g/mol. The molecule has 1 N–H and O–H groups in total. The van der Waals surface area contributed by atoms with E-state index in [0.717, 1.165) is 11.1 Å². The van der Waals surface area contributed by atoms with E-state index in [0.29, 0.717) is 11.3 Å². The molecule has 0 atom stereocenters. The highest BCUT2D eigenvalue weighted by Crippen LogP contribution is 2.25. The molecule has 0 unspecified atom stereocenters. The highest BCUT2D eigenvalue weighted by Gasteiger charge is 2.12. The van der Waals surface area contributed by atoms with Crippen LogP contribution in [0.25, 0.3) is 22.4 Å². The second kappa shape index (κ2) is 4.90. The Morgan fingerprint density at radius 1 is 1.10 bits per heavy atom. The molecular weight excluding hydrogens is 252 g/mol. The van der Waals surface area contributed by atoms with E-state index >= 15 is 0 Å². The first-order valence-corrected chi connectivity index (χ1v) is 6.05. The van der Waals surface area contributed by atoms with Crippen molar-refractivity contribution in [2.75, 3.05) is 0 Å². The Morgan fingerprint density at radius 3 is 2.55 bits per heavy atom. The van der Waals surface area contributed by atoms with Crippen molar-refractivity contribution in [3.63, 3.8) is 0 Å². The number of aromatic amines is 1. The van der Waals surface area contributed by atoms with Crippen molar-refractivity contribution in [3.05, 3.63) is 70.9 Å². The summed E-state index contributed by atoms with van der Waals surface area (Å²) < 4.78 is 5.02. The van der Waals surface area contributed by atoms with Crippen molar-refractivity contribution < 1.29 is 4.42 Å². The predicted octanol–water partition coefficient (Wildman–Crippen LogP) is 3.17. The monoisotopic (exact) mass is 262 g/mol. The van der Waals surface area contributed by atoms with E-state index in [2.05, 4.69) is 4.98 Å². The molecule has 3 rings (SSSR count). The molecule has 4 heteroatoms. The molecule has 4 nitrogen and oxygen atoms in total. The Labute approximate surface area is 114 Å². The lowest BCUT2D eigenvalue weighted by Crippen LogP contribution is -2.12. The fourth-order valence-corrected chi connectivity index (χ4v) is 2.09. The molecule has 0 aliphatic rings. The normalized spacial score (nSPS) is 10.2. The topological polar surface area (TPSA) is 69.8 Å². The van der Waals surface area contributed by atoms with Gasteiger partial charge in [0.25, 0.3) is 5.56 Å². The zero-order valence-electron chi connectivity index (χ0n) is 10.5. The Kier molecular flexibility index (Phi) is 2.94. The molecule has 20 heavy (non-hydrogen) atoms. The molecule has 2 heterocycles. The minimum Gasteiger partial charge on any atom is -0.472 e. The maximum Gasteiger partial charge on any atom is 0.266 e. The number of furan rings is 1. The maximum absolute atomic E-state index is 12.1. The predicted molar refractivity (Wildman–Crippen MR) is 74.9 cm³/mol. The van der Waals surface area contributed by atoms with Gasteiger partial charge in [-0.25, -0.2) is 0 Å². The number of nitriles is 1. The number of aromatic nitrogens is 1. The van der Waals surface area contributed by atoms with Gasteiger partial charge in [0, 0.05) is 11.1 Å². The Bertz CT molecular complexity index is 825. The van der Waals surface area contributed by atoms with Crippen LogP contribution in [0, 0.1) is 11.3 Å². The van der Waals surface area contributed by atoms with Gasteiger partial charge in [-0.3, -0.25) is 4.79 Å². The Morgan fingerprint density at radius 2 is 1.90 bits per heavy atom. The van der Waals surface area contributed by atoms with Crippen molar-refractivity contribution in [2.45, 2.75) is 0 Å². The number of nitrogens with zero attached hydrogens (tertiary/aromatic N) is 1. The lowest BCUT2D eigenvalue weighted by molar-refractivity contribution is 0.568. The molecule has 0 spiro atoms. The number of rotatable bonds is 2. The van der Waals surface area contributed by atoms with Crippen LogP contribution in [0.3, 0.4) is 0 Å².